The van der Waals surface area contributed by atoms with Gasteiger partial charge in [0.15, 0.2) is 0 Å². The smallest absolute Gasteiger partial charge is 0.00977 e. The van der Waals surface area contributed by atoms with Gasteiger partial charge in [0, 0.05) is 0 Å². The third-order valence-electron chi connectivity index (χ3n) is 1.89. The van der Waals surface area contributed by atoms with Crippen LogP contribution in [0, 0.1) is 6.08 Å². The van der Waals surface area contributed by atoms with Gasteiger partial charge in [0.05, 0.1) is 0 Å². The van der Waals surface area contributed by atoms with Gasteiger partial charge < -0.3 is 0 Å². The molecule has 0 saturated heterocycles. The van der Waals surface area contributed by atoms with Crippen molar-refractivity contribution >= 4 is 0 Å². The van der Waals surface area contributed by atoms with Gasteiger partial charge >= 0.3 is 0 Å². The highest BCUT2D eigenvalue weighted by atomic mass is 13.8. The van der Waals surface area contributed by atoms with E-state index < -0.39 is 0 Å². The van der Waals surface area contributed by atoms with Gasteiger partial charge in [0.1, 0.15) is 0 Å². The van der Waals surface area contributed by atoms with E-state index in [0.717, 1.165) is 25.7 Å². The SMILES string of the molecule is [C]1=C/C/C=C/C=C\C/C=C/C/C=C/C/1. The molecular weight excluding hydrogens is 168 g/mol. The van der Waals surface area contributed by atoms with Crippen molar-refractivity contribution in [1.29, 1.82) is 0 Å². The Bertz CT molecular complexity index is 234. The van der Waals surface area contributed by atoms with Crippen LogP contribution >= 0.6 is 0 Å². The van der Waals surface area contributed by atoms with Crippen molar-refractivity contribution in [2.75, 3.05) is 0 Å². The average molecular weight is 185 g/mol. The van der Waals surface area contributed by atoms with E-state index in [1.54, 1.807) is 0 Å². The molecule has 0 aromatic carbocycles. The van der Waals surface area contributed by atoms with Crippen molar-refractivity contribution in [3.8, 4) is 0 Å². The summed E-state index contributed by atoms with van der Waals surface area (Å²) in [7, 11) is 0. The Morgan fingerprint density at radius 3 is 2.14 bits per heavy atom. The third-order valence-corrected chi connectivity index (χ3v) is 1.89. The maximum Gasteiger partial charge on any atom is -0.00977 e. The molecule has 1 radical (unpaired) electrons. The monoisotopic (exact) mass is 185 g/mol. The van der Waals surface area contributed by atoms with Gasteiger partial charge in [-0.25, -0.2) is 0 Å². The van der Waals surface area contributed by atoms with Crippen LogP contribution in [0.25, 0.3) is 0 Å². The topological polar surface area (TPSA) is 0 Å². The third kappa shape index (κ3) is 6.24. The van der Waals surface area contributed by atoms with E-state index in [1.165, 1.54) is 0 Å². The predicted molar refractivity (Wildman–Crippen MR) is 62.8 cm³/mol. The number of allylic oxidation sites excluding steroid dienone is 10. The van der Waals surface area contributed by atoms with Gasteiger partial charge in [-0.2, -0.15) is 0 Å². The Morgan fingerprint density at radius 2 is 1.29 bits per heavy atom. The summed E-state index contributed by atoms with van der Waals surface area (Å²) < 4.78 is 0. The van der Waals surface area contributed by atoms with Crippen LogP contribution in [0.2, 0.25) is 0 Å². The molecule has 0 atom stereocenters. The first-order valence-corrected chi connectivity index (χ1v) is 5.17. The average Bonchev–Trinajstić information content (AvgIpc) is 2.22. The van der Waals surface area contributed by atoms with Gasteiger partial charge in [0.2, 0.25) is 0 Å². The molecule has 1 aliphatic carbocycles. The summed E-state index contributed by atoms with van der Waals surface area (Å²) in [6.07, 6.45) is 26.5. The lowest BCUT2D eigenvalue weighted by Gasteiger charge is -1.85. The first-order valence-electron chi connectivity index (χ1n) is 5.17. The highest BCUT2D eigenvalue weighted by Crippen LogP contribution is 1.96. The summed E-state index contributed by atoms with van der Waals surface area (Å²) in [6.45, 7) is 0. The first-order chi connectivity index (χ1) is 7.00. The van der Waals surface area contributed by atoms with Crippen molar-refractivity contribution in [2.24, 2.45) is 0 Å². The van der Waals surface area contributed by atoms with E-state index in [1.807, 2.05) is 0 Å². The summed E-state index contributed by atoms with van der Waals surface area (Å²) in [5, 5.41) is 0. The summed E-state index contributed by atoms with van der Waals surface area (Å²) in [5.41, 5.74) is 0. The van der Waals surface area contributed by atoms with Crippen LogP contribution in [0.4, 0.5) is 0 Å². The van der Waals surface area contributed by atoms with Crippen LogP contribution in [-0.2, 0) is 0 Å². The molecule has 1 rings (SSSR count). The molecule has 0 fully saturated rings. The Morgan fingerprint density at radius 1 is 0.643 bits per heavy atom. The van der Waals surface area contributed by atoms with E-state index in [2.05, 4.69) is 60.8 Å². The summed E-state index contributed by atoms with van der Waals surface area (Å²) in [5.74, 6) is 0. The Labute approximate surface area is 87.0 Å². The normalized spacial score (nSPS) is 29.7. The zero-order chi connectivity index (χ0) is 9.90. The van der Waals surface area contributed by atoms with Gasteiger partial charge in [-0.05, 0) is 31.8 Å². The molecule has 0 aromatic heterocycles. The van der Waals surface area contributed by atoms with Crippen molar-refractivity contribution in [2.45, 2.75) is 25.7 Å². The maximum absolute atomic E-state index is 3.23. The fourth-order valence-corrected chi connectivity index (χ4v) is 1.15. The predicted octanol–water partition coefficient (Wildman–Crippen LogP) is 4.14. The zero-order valence-corrected chi connectivity index (χ0v) is 8.52. The summed E-state index contributed by atoms with van der Waals surface area (Å²) in [4.78, 5) is 0. The second-order valence-corrected chi connectivity index (χ2v) is 3.12. The number of rotatable bonds is 0. The molecule has 0 saturated carbocycles. The molecule has 0 N–H and O–H groups in total. The number of hydrogen-bond acceptors (Lipinski definition) is 0. The second-order valence-electron chi connectivity index (χ2n) is 3.12. The molecule has 0 heteroatoms. The van der Waals surface area contributed by atoms with E-state index >= 15 is 0 Å². The zero-order valence-electron chi connectivity index (χ0n) is 8.52. The number of hydrogen-bond donors (Lipinski definition) is 0. The van der Waals surface area contributed by atoms with E-state index in [9.17, 15) is 0 Å². The molecule has 0 aromatic rings. The van der Waals surface area contributed by atoms with Crippen LogP contribution in [0.15, 0.2) is 54.7 Å². The van der Waals surface area contributed by atoms with Crippen molar-refractivity contribution in [3.63, 3.8) is 0 Å². The lowest BCUT2D eigenvalue weighted by molar-refractivity contribution is 1.23. The van der Waals surface area contributed by atoms with Crippen LogP contribution in [-0.4, -0.2) is 0 Å². The first kappa shape index (κ1) is 10.8. The molecule has 0 amide bonds. The maximum atomic E-state index is 3.23. The molecular formula is C14H17. The van der Waals surface area contributed by atoms with E-state index in [0.29, 0.717) is 0 Å². The molecule has 73 valence electrons. The quantitative estimate of drug-likeness (QED) is 0.497. The molecule has 0 nitrogen and oxygen atoms in total. The van der Waals surface area contributed by atoms with Gasteiger partial charge in [-0.1, -0.05) is 54.7 Å². The fraction of sp³-hybridized carbons (Fsp3) is 0.286. The summed E-state index contributed by atoms with van der Waals surface area (Å²) in [6, 6.07) is 0. The minimum absolute atomic E-state index is 0.928. The Hall–Kier alpha value is -1.30. The Balaban J connectivity index is 2.45. The van der Waals surface area contributed by atoms with Gasteiger partial charge in [0.25, 0.3) is 0 Å². The molecule has 0 heterocycles. The minimum atomic E-state index is 0.928. The molecule has 0 aliphatic heterocycles. The van der Waals surface area contributed by atoms with Gasteiger partial charge in [-0.3, -0.25) is 0 Å². The van der Waals surface area contributed by atoms with Crippen LogP contribution in [0.3, 0.4) is 0 Å². The molecule has 0 bridgehead atoms. The van der Waals surface area contributed by atoms with Gasteiger partial charge in [-0.15, -0.1) is 0 Å². The highest BCUT2D eigenvalue weighted by molar-refractivity contribution is 5.07. The van der Waals surface area contributed by atoms with Crippen LogP contribution < -0.4 is 0 Å². The largest absolute Gasteiger partial charge is 0.0844 e. The van der Waals surface area contributed by atoms with Crippen LogP contribution in [0.5, 0.6) is 0 Å². The molecule has 0 spiro atoms. The lowest BCUT2D eigenvalue weighted by atomic mass is 10.2. The molecule has 14 heavy (non-hydrogen) atoms. The summed E-state index contributed by atoms with van der Waals surface area (Å²) >= 11 is 0. The lowest BCUT2D eigenvalue weighted by Crippen LogP contribution is -1.65. The van der Waals surface area contributed by atoms with Crippen molar-refractivity contribution < 1.29 is 0 Å². The second kappa shape index (κ2) is 8.31. The highest BCUT2D eigenvalue weighted by Gasteiger charge is 1.76. The fourth-order valence-electron chi connectivity index (χ4n) is 1.15. The standard InChI is InChI=1S/C14H17/c1-2-4-6-8-10-12-14-13-11-9-7-5-3-1/h1-4,7-9,13-14H,5-6,11-12H2/b3-1-,4-2+,9-7+,10-8?,14-13+. The molecule has 1 aliphatic rings. The minimum Gasteiger partial charge on any atom is -0.0844 e. The Kier molecular flexibility index (Phi) is 6.39. The van der Waals surface area contributed by atoms with E-state index in [-0.39, 0.29) is 0 Å². The van der Waals surface area contributed by atoms with Crippen LogP contribution in [0.1, 0.15) is 25.7 Å². The van der Waals surface area contributed by atoms with Crippen molar-refractivity contribution in [3.05, 3.63) is 60.8 Å². The molecule has 0 unspecified atom stereocenters. The van der Waals surface area contributed by atoms with Crippen molar-refractivity contribution in [1.82, 2.24) is 0 Å². The van der Waals surface area contributed by atoms with E-state index in [4.69, 9.17) is 0 Å².